The van der Waals surface area contributed by atoms with Crippen molar-refractivity contribution in [1.82, 2.24) is 9.80 Å². The van der Waals surface area contributed by atoms with Gasteiger partial charge in [-0.2, -0.15) is 0 Å². The molecule has 126 valence electrons. The highest BCUT2D eigenvalue weighted by atomic mass is 19.1. The Morgan fingerprint density at radius 1 is 1.22 bits per heavy atom. The Morgan fingerprint density at radius 2 is 1.83 bits per heavy atom. The third-order valence-corrected chi connectivity index (χ3v) is 3.88. The summed E-state index contributed by atoms with van der Waals surface area (Å²) in [7, 11) is 0. The van der Waals surface area contributed by atoms with E-state index in [4.69, 9.17) is 4.74 Å². The molecular weight excluding hydrogens is 301 g/mol. The van der Waals surface area contributed by atoms with Gasteiger partial charge < -0.3 is 15.0 Å². The third kappa shape index (κ3) is 4.66. The van der Waals surface area contributed by atoms with Gasteiger partial charge in [-0.3, -0.25) is 9.69 Å². The van der Waals surface area contributed by atoms with Gasteiger partial charge in [0.2, 0.25) is 5.91 Å². The molecule has 1 aromatic rings. The van der Waals surface area contributed by atoms with Crippen LogP contribution in [0.1, 0.15) is 13.8 Å². The molecule has 1 atom stereocenters. The van der Waals surface area contributed by atoms with Gasteiger partial charge in [0.05, 0.1) is 12.6 Å². The minimum atomic E-state index is -0.342. The van der Waals surface area contributed by atoms with Crippen molar-refractivity contribution in [2.45, 2.75) is 19.9 Å². The van der Waals surface area contributed by atoms with Gasteiger partial charge in [0.25, 0.3) is 0 Å². The molecule has 0 bridgehead atoms. The summed E-state index contributed by atoms with van der Waals surface area (Å²) in [6.45, 7) is 6.23. The molecule has 1 fully saturated rings. The van der Waals surface area contributed by atoms with Crippen molar-refractivity contribution in [1.29, 1.82) is 0 Å². The van der Waals surface area contributed by atoms with Gasteiger partial charge in [-0.15, -0.1) is 0 Å². The predicted octanol–water partition coefficient (Wildman–Crippen LogP) is 1.93. The van der Waals surface area contributed by atoms with E-state index in [9.17, 15) is 14.0 Å². The molecule has 23 heavy (non-hydrogen) atoms. The average molecular weight is 323 g/mol. The number of ether oxygens (including phenoxy) is 1. The average Bonchev–Trinajstić information content (AvgIpc) is 2.56. The largest absolute Gasteiger partial charge is 0.450 e. The van der Waals surface area contributed by atoms with Gasteiger partial charge in [0.15, 0.2) is 0 Å². The zero-order valence-electron chi connectivity index (χ0n) is 13.4. The van der Waals surface area contributed by atoms with Crippen LogP contribution in [-0.4, -0.2) is 60.6 Å². The molecular formula is C16H22FN3O3. The summed E-state index contributed by atoms with van der Waals surface area (Å²) in [5, 5.41) is 2.77. The first kappa shape index (κ1) is 17.2. The highest BCUT2D eigenvalue weighted by Crippen LogP contribution is 2.12. The number of carbonyl (C=O) groups excluding carboxylic acids is 2. The first-order valence-electron chi connectivity index (χ1n) is 7.73. The molecule has 0 unspecified atom stereocenters. The van der Waals surface area contributed by atoms with Crippen molar-refractivity contribution >= 4 is 17.7 Å². The van der Waals surface area contributed by atoms with E-state index in [1.165, 1.54) is 24.3 Å². The van der Waals surface area contributed by atoms with Crippen LogP contribution in [0.25, 0.3) is 0 Å². The van der Waals surface area contributed by atoms with Crippen molar-refractivity contribution in [3.05, 3.63) is 30.1 Å². The second-order valence-electron chi connectivity index (χ2n) is 5.39. The number of piperazine rings is 1. The van der Waals surface area contributed by atoms with Crippen molar-refractivity contribution in [3.8, 4) is 0 Å². The van der Waals surface area contributed by atoms with Gasteiger partial charge in [-0.25, -0.2) is 9.18 Å². The second-order valence-corrected chi connectivity index (χ2v) is 5.39. The molecule has 0 saturated carbocycles. The van der Waals surface area contributed by atoms with Crippen LogP contribution >= 0.6 is 0 Å². The van der Waals surface area contributed by atoms with Crippen LogP contribution in [0.5, 0.6) is 0 Å². The summed E-state index contributed by atoms with van der Waals surface area (Å²) in [6, 6.07) is 5.33. The molecule has 0 aliphatic carbocycles. The number of hydrogen-bond donors (Lipinski definition) is 1. The molecule has 7 heteroatoms. The number of benzene rings is 1. The van der Waals surface area contributed by atoms with E-state index in [-0.39, 0.29) is 23.9 Å². The van der Waals surface area contributed by atoms with Gasteiger partial charge >= 0.3 is 6.09 Å². The lowest BCUT2D eigenvalue weighted by Gasteiger charge is -2.36. The normalized spacial score (nSPS) is 16.7. The zero-order valence-corrected chi connectivity index (χ0v) is 13.4. The minimum absolute atomic E-state index is 0.152. The molecule has 1 aromatic carbocycles. The number of carbonyl (C=O) groups is 2. The second kappa shape index (κ2) is 7.92. The first-order valence-corrected chi connectivity index (χ1v) is 7.73. The molecule has 1 saturated heterocycles. The number of anilines is 1. The molecule has 0 radical (unpaired) electrons. The molecule has 2 rings (SSSR count). The molecule has 6 nitrogen and oxygen atoms in total. The fourth-order valence-electron chi connectivity index (χ4n) is 2.45. The van der Waals surface area contributed by atoms with E-state index in [0.29, 0.717) is 38.5 Å². The predicted molar refractivity (Wildman–Crippen MR) is 84.7 cm³/mol. The van der Waals surface area contributed by atoms with Crippen LogP contribution in [0.15, 0.2) is 24.3 Å². The highest BCUT2D eigenvalue weighted by Gasteiger charge is 2.27. The summed E-state index contributed by atoms with van der Waals surface area (Å²) in [6.07, 6.45) is -0.310. The Labute approximate surface area is 135 Å². The Kier molecular flexibility index (Phi) is 5.92. The van der Waals surface area contributed by atoms with Gasteiger partial charge in [-0.1, -0.05) is 0 Å². The standard InChI is InChI=1S/C16H22FN3O3/c1-3-23-16(22)20-10-8-19(9-11-20)12(2)15(21)18-14-6-4-13(17)5-7-14/h4-7,12H,3,8-11H2,1-2H3,(H,18,21)/t12-/m0/s1. The maximum atomic E-state index is 12.9. The van der Waals surface area contributed by atoms with E-state index in [1.807, 2.05) is 11.8 Å². The molecule has 1 N–H and O–H groups in total. The summed E-state index contributed by atoms with van der Waals surface area (Å²) in [5.74, 6) is -0.493. The fraction of sp³-hybridized carbons (Fsp3) is 0.500. The van der Waals surface area contributed by atoms with Crippen molar-refractivity contribution < 1.29 is 18.7 Å². The van der Waals surface area contributed by atoms with Crippen LogP contribution in [0.4, 0.5) is 14.9 Å². The Morgan fingerprint density at radius 3 is 2.39 bits per heavy atom. The molecule has 0 aromatic heterocycles. The Bertz CT molecular complexity index is 542. The maximum absolute atomic E-state index is 12.9. The maximum Gasteiger partial charge on any atom is 0.409 e. The summed E-state index contributed by atoms with van der Waals surface area (Å²) >= 11 is 0. The molecule has 1 aliphatic rings. The van der Waals surface area contributed by atoms with Crippen molar-refractivity contribution in [2.24, 2.45) is 0 Å². The van der Waals surface area contributed by atoms with E-state index < -0.39 is 0 Å². The van der Waals surface area contributed by atoms with Crippen LogP contribution in [0, 0.1) is 5.82 Å². The number of halogens is 1. The van der Waals surface area contributed by atoms with Crippen LogP contribution < -0.4 is 5.32 Å². The SMILES string of the molecule is CCOC(=O)N1CCN([C@@H](C)C(=O)Nc2ccc(F)cc2)CC1. The van der Waals surface area contributed by atoms with Crippen molar-refractivity contribution in [2.75, 3.05) is 38.1 Å². The molecule has 1 heterocycles. The smallest absolute Gasteiger partial charge is 0.409 e. The number of nitrogens with zero attached hydrogens (tertiary/aromatic N) is 2. The quantitative estimate of drug-likeness (QED) is 0.920. The number of amides is 2. The fourth-order valence-corrected chi connectivity index (χ4v) is 2.45. The van der Waals surface area contributed by atoms with Gasteiger partial charge in [0, 0.05) is 31.9 Å². The minimum Gasteiger partial charge on any atom is -0.450 e. The lowest BCUT2D eigenvalue weighted by atomic mass is 10.2. The highest BCUT2D eigenvalue weighted by molar-refractivity contribution is 5.94. The topological polar surface area (TPSA) is 61.9 Å². The van der Waals surface area contributed by atoms with E-state index in [1.54, 1.807) is 11.8 Å². The number of rotatable bonds is 4. The van der Waals surface area contributed by atoms with Crippen molar-refractivity contribution in [3.63, 3.8) is 0 Å². The molecule has 0 spiro atoms. The van der Waals surface area contributed by atoms with Crippen LogP contribution in [-0.2, 0) is 9.53 Å². The summed E-state index contributed by atoms with van der Waals surface area (Å²) < 4.78 is 17.8. The van der Waals surface area contributed by atoms with Crippen LogP contribution in [0.2, 0.25) is 0 Å². The summed E-state index contributed by atoms with van der Waals surface area (Å²) in [4.78, 5) is 27.6. The lowest BCUT2D eigenvalue weighted by Crippen LogP contribution is -2.54. The molecule has 1 aliphatic heterocycles. The number of nitrogens with one attached hydrogen (secondary N) is 1. The molecule has 2 amide bonds. The third-order valence-electron chi connectivity index (χ3n) is 3.88. The Balaban J connectivity index is 1.84. The lowest BCUT2D eigenvalue weighted by molar-refractivity contribution is -0.121. The van der Waals surface area contributed by atoms with Gasteiger partial charge in [0.1, 0.15) is 5.82 Å². The van der Waals surface area contributed by atoms with Crippen LogP contribution in [0.3, 0.4) is 0 Å². The number of hydrogen-bond acceptors (Lipinski definition) is 4. The van der Waals surface area contributed by atoms with Gasteiger partial charge in [-0.05, 0) is 38.1 Å². The Hall–Kier alpha value is -2.15. The zero-order chi connectivity index (χ0) is 16.8. The van der Waals surface area contributed by atoms with E-state index in [2.05, 4.69) is 5.32 Å². The van der Waals surface area contributed by atoms with E-state index >= 15 is 0 Å². The monoisotopic (exact) mass is 323 g/mol. The summed E-state index contributed by atoms with van der Waals surface area (Å²) in [5.41, 5.74) is 0.563. The first-order chi connectivity index (χ1) is 11.0. The van der Waals surface area contributed by atoms with E-state index in [0.717, 1.165) is 0 Å².